The maximum Gasteiger partial charge on any atom is 0.306 e. The zero-order chi connectivity index (χ0) is 12.8. The van der Waals surface area contributed by atoms with Crippen molar-refractivity contribution in [2.75, 3.05) is 0 Å². The summed E-state index contributed by atoms with van der Waals surface area (Å²) in [6.45, 7) is 0.356. The monoisotopic (exact) mass is 248 g/mol. The van der Waals surface area contributed by atoms with Crippen LogP contribution >= 0.6 is 0 Å². The van der Waals surface area contributed by atoms with Gasteiger partial charge in [0, 0.05) is 6.42 Å². The van der Waals surface area contributed by atoms with Crippen molar-refractivity contribution < 1.29 is 14.6 Å². The van der Waals surface area contributed by atoms with Gasteiger partial charge in [-0.3, -0.25) is 4.79 Å². The molecule has 1 aliphatic carbocycles. The van der Waals surface area contributed by atoms with Gasteiger partial charge in [0.1, 0.15) is 6.61 Å². The molecule has 0 atom stereocenters. The molecular formula is C15H20O3. The van der Waals surface area contributed by atoms with Crippen molar-refractivity contribution in [2.24, 2.45) is 5.92 Å². The Labute approximate surface area is 108 Å². The molecule has 0 aromatic heterocycles. The molecule has 0 spiro atoms. The van der Waals surface area contributed by atoms with Gasteiger partial charge < -0.3 is 9.84 Å². The number of rotatable bonds is 4. The van der Waals surface area contributed by atoms with Crippen LogP contribution in [0, 0.1) is 5.92 Å². The van der Waals surface area contributed by atoms with Gasteiger partial charge in [0.25, 0.3) is 0 Å². The number of aliphatic hydroxyl groups is 1. The molecule has 1 N–H and O–H groups in total. The average molecular weight is 248 g/mol. The highest BCUT2D eigenvalue weighted by Crippen LogP contribution is 2.27. The molecule has 18 heavy (non-hydrogen) atoms. The molecule has 0 unspecified atom stereocenters. The van der Waals surface area contributed by atoms with Crippen molar-refractivity contribution in [3.05, 3.63) is 35.9 Å². The minimum Gasteiger partial charge on any atom is -0.461 e. The Hall–Kier alpha value is -1.35. The first-order valence-corrected chi connectivity index (χ1v) is 6.61. The summed E-state index contributed by atoms with van der Waals surface area (Å²) in [5, 5.41) is 9.40. The first-order chi connectivity index (χ1) is 8.74. The van der Waals surface area contributed by atoms with E-state index in [0.717, 1.165) is 31.2 Å². The lowest BCUT2D eigenvalue weighted by Crippen LogP contribution is -2.21. The number of aliphatic hydroxyl groups excluding tert-OH is 1. The van der Waals surface area contributed by atoms with E-state index in [-0.39, 0.29) is 12.1 Å². The highest BCUT2D eigenvalue weighted by atomic mass is 16.5. The summed E-state index contributed by atoms with van der Waals surface area (Å²) in [7, 11) is 0. The highest BCUT2D eigenvalue weighted by Gasteiger charge is 2.22. The van der Waals surface area contributed by atoms with Gasteiger partial charge in [-0.05, 0) is 37.2 Å². The van der Waals surface area contributed by atoms with Gasteiger partial charge in [0.2, 0.25) is 0 Å². The lowest BCUT2D eigenvalue weighted by molar-refractivity contribution is -0.146. The second kappa shape index (κ2) is 6.55. The third-order valence-corrected chi connectivity index (χ3v) is 3.51. The Bertz CT molecular complexity index is 367. The van der Waals surface area contributed by atoms with Crippen molar-refractivity contribution in [2.45, 2.75) is 44.8 Å². The predicted molar refractivity (Wildman–Crippen MR) is 68.8 cm³/mol. The first kappa shape index (κ1) is 13.1. The lowest BCUT2D eigenvalue weighted by atomic mass is 9.85. The summed E-state index contributed by atoms with van der Waals surface area (Å²) in [5.74, 6) is 0.261. The summed E-state index contributed by atoms with van der Waals surface area (Å²) < 4.78 is 5.26. The Morgan fingerprint density at radius 2 is 1.83 bits per heavy atom. The van der Waals surface area contributed by atoms with Gasteiger partial charge in [0.05, 0.1) is 6.10 Å². The Kier molecular flexibility index (Phi) is 4.76. The summed E-state index contributed by atoms with van der Waals surface area (Å²) >= 11 is 0. The van der Waals surface area contributed by atoms with Crippen LogP contribution in [0.15, 0.2) is 30.3 Å². The predicted octanol–water partition coefficient (Wildman–Crippen LogP) is 2.67. The number of hydrogen-bond donors (Lipinski definition) is 1. The maximum atomic E-state index is 11.7. The average Bonchev–Trinajstić information content (AvgIpc) is 2.40. The molecule has 0 amide bonds. The van der Waals surface area contributed by atoms with Gasteiger partial charge in [-0.15, -0.1) is 0 Å². The van der Waals surface area contributed by atoms with E-state index >= 15 is 0 Å². The molecule has 1 saturated carbocycles. The molecule has 3 heteroatoms. The fourth-order valence-corrected chi connectivity index (χ4v) is 2.38. The minimum absolute atomic E-state index is 0.125. The number of carbonyl (C=O) groups is 1. The summed E-state index contributed by atoms with van der Waals surface area (Å²) in [6.07, 6.45) is 3.82. The highest BCUT2D eigenvalue weighted by molar-refractivity contribution is 5.69. The van der Waals surface area contributed by atoms with Crippen molar-refractivity contribution in [3.8, 4) is 0 Å². The summed E-state index contributed by atoms with van der Waals surface area (Å²) in [5.41, 5.74) is 1.02. The molecule has 2 rings (SSSR count). The topological polar surface area (TPSA) is 46.5 Å². The van der Waals surface area contributed by atoms with Crippen LogP contribution in [-0.4, -0.2) is 17.2 Å². The van der Waals surface area contributed by atoms with Gasteiger partial charge in [-0.25, -0.2) is 0 Å². The van der Waals surface area contributed by atoms with E-state index in [1.54, 1.807) is 0 Å². The summed E-state index contributed by atoms with van der Waals surface area (Å²) in [6, 6.07) is 9.71. The zero-order valence-electron chi connectivity index (χ0n) is 10.5. The standard InChI is InChI=1S/C15H20O3/c16-14-8-6-12(7-9-14)10-15(17)18-11-13-4-2-1-3-5-13/h1-5,12,14,16H,6-11H2/t12-,14-. The third kappa shape index (κ3) is 4.15. The molecule has 0 bridgehead atoms. The van der Waals surface area contributed by atoms with Crippen LogP contribution in [0.2, 0.25) is 0 Å². The van der Waals surface area contributed by atoms with Crippen molar-refractivity contribution in [3.63, 3.8) is 0 Å². The fourth-order valence-electron chi connectivity index (χ4n) is 2.38. The molecule has 0 radical (unpaired) electrons. The van der Waals surface area contributed by atoms with Gasteiger partial charge >= 0.3 is 5.97 Å². The van der Waals surface area contributed by atoms with Gasteiger partial charge in [-0.2, -0.15) is 0 Å². The van der Waals surface area contributed by atoms with Gasteiger partial charge in [0.15, 0.2) is 0 Å². The lowest BCUT2D eigenvalue weighted by Gasteiger charge is -2.24. The van der Waals surface area contributed by atoms with Crippen molar-refractivity contribution in [1.82, 2.24) is 0 Å². The summed E-state index contributed by atoms with van der Waals surface area (Å²) in [4.78, 5) is 11.7. The smallest absolute Gasteiger partial charge is 0.306 e. The molecule has 1 fully saturated rings. The fraction of sp³-hybridized carbons (Fsp3) is 0.533. The van der Waals surface area contributed by atoms with Crippen LogP contribution in [0.1, 0.15) is 37.7 Å². The van der Waals surface area contributed by atoms with Crippen LogP contribution in [-0.2, 0) is 16.1 Å². The van der Waals surface area contributed by atoms with Crippen LogP contribution in [0.5, 0.6) is 0 Å². The van der Waals surface area contributed by atoms with Crippen molar-refractivity contribution >= 4 is 5.97 Å². The SMILES string of the molecule is O=C(C[C@H]1CC[C@H](O)CC1)OCc1ccccc1. The minimum atomic E-state index is -0.165. The Morgan fingerprint density at radius 1 is 1.17 bits per heavy atom. The number of benzene rings is 1. The van der Waals surface area contributed by atoms with Crippen LogP contribution in [0.3, 0.4) is 0 Å². The molecule has 0 saturated heterocycles. The quantitative estimate of drug-likeness (QED) is 0.833. The molecule has 0 aliphatic heterocycles. The number of ether oxygens (including phenoxy) is 1. The van der Waals surface area contributed by atoms with Crippen LogP contribution in [0.25, 0.3) is 0 Å². The number of hydrogen-bond acceptors (Lipinski definition) is 3. The molecule has 1 aromatic rings. The largest absolute Gasteiger partial charge is 0.461 e. The first-order valence-electron chi connectivity index (χ1n) is 6.61. The zero-order valence-corrected chi connectivity index (χ0v) is 10.5. The Morgan fingerprint density at radius 3 is 2.50 bits per heavy atom. The Balaban J connectivity index is 1.69. The van der Waals surface area contributed by atoms with E-state index in [2.05, 4.69) is 0 Å². The number of esters is 1. The molecule has 3 nitrogen and oxygen atoms in total. The van der Waals surface area contributed by atoms with Gasteiger partial charge in [-0.1, -0.05) is 30.3 Å². The maximum absolute atomic E-state index is 11.7. The third-order valence-electron chi connectivity index (χ3n) is 3.51. The second-order valence-electron chi connectivity index (χ2n) is 5.02. The number of carbonyl (C=O) groups excluding carboxylic acids is 1. The van der Waals surface area contributed by atoms with Crippen LogP contribution < -0.4 is 0 Å². The molecular weight excluding hydrogens is 228 g/mol. The molecule has 1 aromatic carbocycles. The van der Waals surface area contributed by atoms with E-state index in [1.807, 2.05) is 30.3 Å². The van der Waals surface area contributed by atoms with Crippen molar-refractivity contribution in [1.29, 1.82) is 0 Å². The second-order valence-corrected chi connectivity index (χ2v) is 5.02. The van der Waals surface area contributed by atoms with E-state index in [0.29, 0.717) is 18.9 Å². The van der Waals surface area contributed by atoms with E-state index in [9.17, 15) is 9.90 Å². The van der Waals surface area contributed by atoms with Crippen LogP contribution in [0.4, 0.5) is 0 Å². The molecule has 1 aliphatic rings. The van der Waals surface area contributed by atoms with E-state index in [4.69, 9.17) is 4.74 Å². The van der Waals surface area contributed by atoms with E-state index in [1.165, 1.54) is 0 Å². The normalized spacial score (nSPS) is 23.6. The molecule has 98 valence electrons. The molecule has 0 heterocycles. The van der Waals surface area contributed by atoms with E-state index < -0.39 is 0 Å².